The molecule has 2 aromatic heterocycles. The Morgan fingerprint density at radius 2 is 1.96 bits per heavy atom. The molecule has 0 saturated carbocycles. The maximum atomic E-state index is 6.23. The van der Waals surface area contributed by atoms with Crippen molar-refractivity contribution in [2.75, 3.05) is 12.4 Å². The average Bonchev–Trinajstić information content (AvgIpc) is 3.22. The Hall–Kier alpha value is -2.38. The number of nitrogens with zero attached hydrogens (tertiary/aromatic N) is 5. The zero-order chi connectivity index (χ0) is 20.3. The Balaban J connectivity index is 1.63. The van der Waals surface area contributed by atoms with Gasteiger partial charge in [-0.15, -0.1) is 0 Å². The summed E-state index contributed by atoms with van der Waals surface area (Å²) in [5.74, 6) is 0.710. The summed E-state index contributed by atoms with van der Waals surface area (Å²) in [6.45, 7) is 8.40. The van der Waals surface area contributed by atoms with E-state index in [2.05, 4.69) is 29.4 Å². The van der Waals surface area contributed by atoms with Gasteiger partial charge in [0.1, 0.15) is 0 Å². The number of aromatic nitrogens is 4. The molecule has 0 fully saturated rings. The number of anilines is 1. The maximum absolute atomic E-state index is 6.23. The molecule has 3 aromatic rings. The summed E-state index contributed by atoms with van der Waals surface area (Å²) in [5, 5.41) is 13.7. The van der Waals surface area contributed by atoms with Crippen LogP contribution >= 0.6 is 23.8 Å². The molecule has 0 bridgehead atoms. The first-order valence-electron chi connectivity index (χ1n) is 9.21. The smallest absolute Gasteiger partial charge is 0.174 e. The summed E-state index contributed by atoms with van der Waals surface area (Å²) in [7, 11) is 1.97. The quantitative estimate of drug-likeness (QED) is 0.609. The minimum atomic E-state index is 0.610. The van der Waals surface area contributed by atoms with E-state index in [4.69, 9.17) is 23.8 Å². The van der Waals surface area contributed by atoms with E-state index >= 15 is 0 Å². The molecular weight excluding hydrogens is 392 g/mol. The summed E-state index contributed by atoms with van der Waals surface area (Å²) < 4.78 is 3.86. The van der Waals surface area contributed by atoms with Crippen LogP contribution in [0.5, 0.6) is 0 Å². The number of nitrogens with one attached hydrogen (secondary N) is 1. The molecule has 0 amide bonds. The number of benzene rings is 1. The van der Waals surface area contributed by atoms with Crippen molar-refractivity contribution >= 4 is 34.7 Å². The van der Waals surface area contributed by atoms with Crippen molar-refractivity contribution in [3.63, 3.8) is 0 Å². The Bertz CT molecular complexity index is 977. The first-order chi connectivity index (χ1) is 13.4. The van der Waals surface area contributed by atoms with Gasteiger partial charge in [-0.2, -0.15) is 10.2 Å². The first-order valence-corrected chi connectivity index (χ1v) is 9.99. The molecule has 6 nitrogen and oxygen atoms in total. The number of hydrogen-bond acceptors (Lipinski definition) is 3. The molecule has 0 aliphatic rings. The fourth-order valence-corrected chi connectivity index (χ4v) is 3.47. The topological polar surface area (TPSA) is 50.9 Å². The SMILES string of the molecule is CCn1nc(C)c(CN(C)C(=S)Nc2ccn(Cc3ccccc3Cl)n2)c1C. The minimum absolute atomic E-state index is 0.610. The third-order valence-electron chi connectivity index (χ3n) is 4.74. The van der Waals surface area contributed by atoms with Crippen molar-refractivity contribution in [1.29, 1.82) is 0 Å². The second-order valence-corrected chi connectivity index (χ2v) is 7.54. The van der Waals surface area contributed by atoms with E-state index in [0.29, 0.717) is 24.0 Å². The summed E-state index contributed by atoms with van der Waals surface area (Å²) >= 11 is 11.8. The van der Waals surface area contributed by atoms with Crippen molar-refractivity contribution in [3.05, 3.63) is 64.1 Å². The van der Waals surface area contributed by atoms with Crippen molar-refractivity contribution in [2.45, 2.75) is 40.4 Å². The summed E-state index contributed by atoms with van der Waals surface area (Å²) in [5.41, 5.74) is 4.45. The van der Waals surface area contributed by atoms with Crippen LogP contribution in [-0.4, -0.2) is 36.6 Å². The van der Waals surface area contributed by atoms with Crippen LogP contribution in [0.2, 0.25) is 5.02 Å². The third kappa shape index (κ3) is 4.54. The highest BCUT2D eigenvalue weighted by atomic mass is 35.5. The monoisotopic (exact) mass is 416 g/mol. The second kappa shape index (κ2) is 8.75. The minimum Gasteiger partial charge on any atom is -0.348 e. The molecule has 0 spiro atoms. The molecule has 8 heteroatoms. The largest absolute Gasteiger partial charge is 0.348 e. The average molecular weight is 417 g/mol. The molecule has 1 N–H and O–H groups in total. The van der Waals surface area contributed by atoms with Crippen LogP contribution in [-0.2, 0) is 19.6 Å². The highest BCUT2D eigenvalue weighted by molar-refractivity contribution is 7.80. The summed E-state index contributed by atoms with van der Waals surface area (Å²) in [6.07, 6.45) is 1.91. The number of aryl methyl sites for hydroxylation is 2. The van der Waals surface area contributed by atoms with Gasteiger partial charge in [0.15, 0.2) is 10.9 Å². The molecule has 0 radical (unpaired) electrons. The lowest BCUT2D eigenvalue weighted by molar-refractivity contribution is 0.504. The van der Waals surface area contributed by atoms with Crippen molar-refractivity contribution < 1.29 is 0 Å². The molecular formula is C20H25ClN6S. The maximum Gasteiger partial charge on any atom is 0.174 e. The Morgan fingerprint density at radius 1 is 1.21 bits per heavy atom. The zero-order valence-corrected chi connectivity index (χ0v) is 18.2. The highest BCUT2D eigenvalue weighted by Crippen LogP contribution is 2.18. The van der Waals surface area contributed by atoms with E-state index in [1.165, 1.54) is 11.3 Å². The van der Waals surface area contributed by atoms with E-state index in [1.54, 1.807) is 0 Å². The Labute approximate surface area is 176 Å². The van der Waals surface area contributed by atoms with Gasteiger partial charge < -0.3 is 10.2 Å². The second-order valence-electron chi connectivity index (χ2n) is 6.74. The van der Waals surface area contributed by atoms with E-state index in [0.717, 1.165) is 22.8 Å². The molecule has 0 unspecified atom stereocenters. The van der Waals surface area contributed by atoms with Crippen molar-refractivity contribution in [3.8, 4) is 0 Å². The molecule has 0 atom stereocenters. The van der Waals surface area contributed by atoms with Gasteiger partial charge in [0.25, 0.3) is 0 Å². The van der Waals surface area contributed by atoms with Crippen LogP contribution in [0.15, 0.2) is 36.5 Å². The standard InChI is InChI=1S/C20H25ClN6S/c1-5-27-15(3)17(14(2)23-27)13-25(4)20(28)22-19-10-11-26(24-19)12-16-8-6-7-9-18(16)21/h6-11H,5,12-13H2,1-4H3,(H,22,24,28). The lowest BCUT2D eigenvalue weighted by atomic mass is 10.2. The highest BCUT2D eigenvalue weighted by Gasteiger charge is 2.15. The Kier molecular flexibility index (Phi) is 6.36. The summed E-state index contributed by atoms with van der Waals surface area (Å²) in [6, 6.07) is 9.68. The number of rotatable bonds is 6. The molecule has 28 heavy (non-hydrogen) atoms. The predicted octanol–water partition coefficient (Wildman–Crippen LogP) is 4.25. The fourth-order valence-electron chi connectivity index (χ4n) is 3.10. The van der Waals surface area contributed by atoms with Crippen LogP contribution in [0.25, 0.3) is 0 Å². The lowest BCUT2D eigenvalue weighted by Gasteiger charge is -2.20. The molecule has 2 heterocycles. The molecule has 0 saturated heterocycles. The van der Waals surface area contributed by atoms with Crippen LogP contribution in [0.4, 0.5) is 5.82 Å². The van der Waals surface area contributed by atoms with Gasteiger partial charge in [-0.3, -0.25) is 9.36 Å². The predicted molar refractivity (Wildman–Crippen MR) is 118 cm³/mol. The van der Waals surface area contributed by atoms with Crippen molar-refractivity contribution in [1.82, 2.24) is 24.5 Å². The Morgan fingerprint density at radius 3 is 2.64 bits per heavy atom. The lowest BCUT2D eigenvalue weighted by Crippen LogP contribution is -2.31. The van der Waals surface area contributed by atoms with E-state index < -0.39 is 0 Å². The van der Waals surface area contributed by atoms with Gasteiger partial charge in [0.05, 0.1) is 12.2 Å². The first kappa shape index (κ1) is 20.4. The zero-order valence-electron chi connectivity index (χ0n) is 16.6. The molecule has 1 aromatic carbocycles. The van der Waals surface area contributed by atoms with Gasteiger partial charge in [0, 0.05) is 48.7 Å². The molecule has 0 aliphatic carbocycles. The van der Waals surface area contributed by atoms with Crippen molar-refractivity contribution in [2.24, 2.45) is 0 Å². The van der Waals surface area contributed by atoms with Gasteiger partial charge in [-0.05, 0) is 44.6 Å². The number of halogens is 1. The molecule has 0 aliphatic heterocycles. The number of thiocarbonyl (C=S) groups is 1. The van der Waals surface area contributed by atoms with Gasteiger partial charge in [0.2, 0.25) is 0 Å². The number of hydrogen-bond donors (Lipinski definition) is 1. The van der Waals surface area contributed by atoms with Crippen LogP contribution in [0.1, 0.15) is 29.4 Å². The molecule has 148 valence electrons. The summed E-state index contributed by atoms with van der Waals surface area (Å²) in [4.78, 5) is 2.00. The van der Waals surface area contributed by atoms with E-state index in [-0.39, 0.29) is 0 Å². The molecule has 3 rings (SSSR count). The van der Waals surface area contributed by atoms with Crippen LogP contribution < -0.4 is 5.32 Å². The fraction of sp³-hybridized carbons (Fsp3) is 0.350. The van der Waals surface area contributed by atoms with E-state index in [1.807, 2.05) is 64.8 Å². The van der Waals surface area contributed by atoms with Crippen LogP contribution in [0, 0.1) is 13.8 Å². The van der Waals surface area contributed by atoms with Crippen LogP contribution in [0.3, 0.4) is 0 Å². The van der Waals surface area contributed by atoms with Gasteiger partial charge >= 0.3 is 0 Å². The van der Waals surface area contributed by atoms with Gasteiger partial charge in [-0.1, -0.05) is 29.8 Å². The normalized spacial score (nSPS) is 10.9. The van der Waals surface area contributed by atoms with E-state index in [9.17, 15) is 0 Å². The van der Waals surface area contributed by atoms with Gasteiger partial charge in [-0.25, -0.2) is 0 Å². The third-order valence-corrected chi connectivity index (χ3v) is 5.52.